The molecule has 0 aromatic rings. The van der Waals surface area contributed by atoms with E-state index in [1.54, 1.807) is 0 Å². The van der Waals surface area contributed by atoms with Crippen molar-refractivity contribution in [2.24, 2.45) is 0 Å². The van der Waals surface area contributed by atoms with E-state index < -0.39 is 0 Å². The molecule has 0 amide bonds. The van der Waals surface area contributed by atoms with Crippen LogP contribution in [0.2, 0.25) is 0 Å². The Kier molecular flexibility index (Phi) is 11.8. The van der Waals surface area contributed by atoms with Gasteiger partial charge in [-0.2, -0.15) is 0 Å². The zero-order chi connectivity index (χ0) is 16.0. The molecule has 0 aliphatic heterocycles. The molecule has 3 heteroatoms. The quantitative estimate of drug-likeness (QED) is 0.316. The van der Waals surface area contributed by atoms with E-state index in [0.717, 1.165) is 5.11 Å². The molecule has 1 aliphatic rings. The predicted octanol–water partition coefficient (Wildman–Crippen LogP) is 5.70. The van der Waals surface area contributed by atoms with Crippen molar-refractivity contribution < 1.29 is 0 Å². The van der Waals surface area contributed by atoms with Crippen LogP contribution in [0.4, 0.5) is 0 Å². The van der Waals surface area contributed by atoms with Crippen LogP contribution in [0.3, 0.4) is 0 Å². The Hall–Kier alpha value is -0.310. The minimum atomic E-state index is 0.585. The zero-order valence-corrected chi connectivity index (χ0v) is 15.8. The number of thiocarbonyl (C=S) groups is 1. The van der Waals surface area contributed by atoms with Gasteiger partial charge in [0.2, 0.25) is 0 Å². The Balaban J connectivity index is 2.16. The maximum Gasteiger partial charge on any atom is 0.166 e. The van der Waals surface area contributed by atoms with Gasteiger partial charge in [-0.05, 0) is 37.9 Å². The summed E-state index contributed by atoms with van der Waals surface area (Å²) < 4.78 is 0. The van der Waals surface area contributed by atoms with Crippen molar-refractivity contribution in [2.75, 3.05) is 0 Å². The Morgan fingerprint density at radius 1 is 0.864 bits per heavy atom. The van der Waals surface area contributed by atoms with Gasteiger partial charge in [-0.25, -0.2) is 0 Å². The van der Waals surface area contributed by atoms with E-state index in [-0.39, 0.29) is 0 Å². The molecule has 0 atom stereocenters. The minimum Gasteiger partial charge on any atom is -0.360 e. The molecule has 1 fully saturated rings. The number of unbranched alkanes of at least 4 members (excludes halogenated alkanes) is 8. The summed E-state index contributed by atoms with van der Waals surface area (Å²) in [7, 11) is 0. The second kappa shape index (κ2) is 13.2. The van der Waals surface area contributed by atoms with Gasteiger partial charge < -0.3 is 10.6 Å². The van der Waals surface area contributed by atoms with Gasteiger partial charge in [0, 0.05) is 12.1 Å². The third kappa shape index (κ3) is 11.3. The smallest absolute Gasteiger partial charge is 0.166 e. The first kappa shape index (κ1) is 19.7. The summed E-state index contributed by atoms with van der Waals surface area (Å²) in [5.74, 6) is 0. The summed E-state index contributed by atoms with van der Waals surface area (Å²) in [6, 6.07) is 1.25. The molecule has 0 saturated heterocycles. The molecule has 1 saturated carbocycles. The van der Waals surface area contributed by atoms with E-state index in [1.807, 2.05) is 0 Å². The van der Waals surface area contributed by atoms with Gasteiger partial charge in [0.15, 0.2) is 5.11 Å². The molecule has 0 aromatic carbocycles. The van der Waals surface area contributed by atoms with Crippen molar-refractivity contribution in [1.29, 1.82) is 0 Å². The summed E-state index contributed by atoms with van der Waals surface area (Å²) in [5.41, 5.74) is 0. The highest BCUT2D eigenvalue weighted by Gasteiger charge is 2.22. The third-order valence-electron chi connectivity index (χ3n) is 4.56. The summed E-state index contributed by atoms with van der Waals surface area (Å²) in [6.45, 7) is 4.56. The molecule has 0 heterocycles. The first-order chi connectivity index (χ1) is 10.8. The van der Waals surface area contributed by atoms with Crippen molar-refractivity contribution >= 4 is 17.3 Å². The summed E-state index contributed by atoms with van der Waals surface area (Å²) in [5, 5.41) is 7.91. The Morgan fingerprint density at radius 2 is 1.36 bits per heavy atom. The third-order valence-corrected chi connectivity index (χ3v) is 4.80. The molecule has 2 N–H and O–H groups in total. The topological polar surface area (TPSA) is 24.1 Å². The fourth-order valence-electron chi connectivity index (χ4n) is 2.92. The van der Waals surface area contributed by atoms with Gasteiger partial charge in [0.1, 0.15) is 0 Å². The number of hydrogen-bond donors (Lipinski definition) is 2. The van der Waals surface area contributed by atoms with Gasteiger partial charge in [-0.15, -0.1) is 0 Å². The first-order valence-electron chi connectivity index (χ1n) is 9.83. The van der Waals surface area contributed by atoms with Crippen LogP contribution in [-0.2, 0) is 0 Å². The van der Waals surface area contributed by atoms with Crippen LogP contribution in [-0.4, -0.2) is 17.2 Å². The molecule has 0 aromatic heterocycles. The Labute approximate surface area is 144 Å². The summed E-state index contributed by atoms with van der Waals surface area (Å²) in [4.78, 5) is 0. The predicted molar refractivity (Wildman–Crippen MR) is 102 cm³/mol. The SMILES string of the molecule is CCCCCCCC(CCCCCCC)NC(=S)NC1CC1. The second-order valence-electron chi connectivity index (χ2n) is 6.99. The zero-order valence-electron chi connectivity index (χ0n) is 15.0. The van der Waals surface area contributed by atoms with Crippen LogP contribution in [0.15, 0.2) is 0 Å². The van der Waals surface area contributed by atoms with Crippen molar-refractivity contribution in [3.63, 3.8) is 0 Å². The van der Waals surface area contributed by atoms with Crippen molar-refractivity contribution in [1.82, 2.24) is 10.6 Å². The highest BCUT2D eigenvalue weighted by molar-refractivity contribution is 7.80. The van der Waals surface area contributed by atoms with E-state index in [1.165, 1.54) is 89.9 Å². The van der Waals surface area contributed by atoms with Crippen LogP contribution in [0.5, 0.6) is 0 Å². The Bertz CT molecular complexity index is 263. The van der Waals surface area contributed by atoms with E-state index in [9.17, 15) is 0 Å². The van der Waals surface area contributed by atoms with Crippen molar-refractivity contribution in [2.45, 2.75) is 116 Å². The van der Waals surface area contributed by atoms with Crippen LogP contribution >= 0.6 is 12.2 Å². The summed E-state index contributed by atoms with van der Waals surface area (Å²) >= 11 is 5.47. The lowest BCUT2D eigenvalue weighted by molar-refractivity contribution is 0.456. The minimum absolute atomic E-state index is 0.585. The van der Waals surface area contributed by atoms with E-state index >= 15 is 0 Å². The van der Waals surface area contributed by atoms with E-state index in [2.05, 4.69) is 24.5 Å². The molecule has 0 unspecified atom stereocenters. The molecule has 0 bridgehead atoms. The van der Waals surface area contributed by atoms with Crippen molar-refractivity contribution in [3.8, 4) is 0 Å². The molecular formula is C19H38N2S. The molecule has 2 nitrogen and oxygen atoms in total. The van der Waals surface area contributed by atoms with Crippen LogP contribution < -0.4 is 10.6 Å². The van der Waals surface area contributed by atoms with Crippen LogP contribution in [0.1, 0.15) is 104 Å². The largest absolute Gasteiger partial charge is 0.360 e. The fourth-order valence-corrected chi connectivity index (χ4v) is 3.25. The molecule has 0 spiro atoms. The number of hydrogen-bond acceptors (Lipinski definition) is 1. The lowest BCUT2D eigenvalue weighted by Crippen LogP contribution is -2.42. The maximum absolute atomic E-state index is 5.47. The average Bonchev–Trinajstić information content (AvgIpc) is 3.30. The van der Waals surface area contributed by atoms with E-state index in [4.69, 9.17) is 12.2 Å². The molecule has 1 rings (SSSR count). The molecule has 0 radical (unpaired) electrons. The standard InChI is InChI=1S/C19H38N2S/c1-3-5-7-9-11-13-17(14-12-10-8-6-4-2)20-19(22)21-18-15-16-18/h17-18H,3-16H2,1-2H3,(H2,20,21,22). The number of rotatable bonds is 14. The highest BCUT2D eigenvalue weighted by atomic mass is 32.1. The normalized spacial score (nSPS) is 14.3. The first-order valence-corrected chi connectivity index (χ1v) is 10.2. The van der Waals surface area contributed by atoms with Crippen molar-refractivity contribution in [3.05, 3.63) is 0 Å². The second-order valence-corrected chi connectivity index (χ2v) is 7.40. The van der Waals surface area contributed by atoms with Gasteiger partial charge in [-0.3, -0.25) is 0 Å². The summed E-state index contributed by atoms with van der Waals surface area (Å²) in [6.07, 6.45) is 18.8. The maximum atomic E-state index is 5.47. The molecular weight excluding hydrogens is 288 g/mol. The van der Waals surface area contributed by atoms with Gasteiger partial charge in [0.25, 0.3) is 0 Å². The average molecular weight is 327 g/mol. The van der Waals surface area contributed by atoms with Gasteiger partial charge in [0.05, 0.1) is 0 Å². The molecule has 22 heavy (non-hydrogen) atoms. The van der Waals surface area contributed by atoms with Gasteiger partial charge in [-0.1, -0.05) is 78.1 Å². The highest BCUT2D eigenvalue weighted by Crippen LogP contribution is 2.19. The Morgan fingerprint density at radius 3 is 1.82 bits per heavy atom. The molecule has 1 aliphatic carbocycles. The molecule has 130 valence electrons. The van der Waals surface area contributed by atoms with Crippen LogP contribution in [0.25, 0.3) is 0 Å². The lowest BCUT2D eigenvalue weighted by Gasteiger charge is -2.21. The van der Waals surface area contributed by atoms with Crippen LogP contribution in [0, 0.1) is 0 Å². The fraction of sp³-hybridized carbons (Fsp3) is 0.947. The van der Waals surface area contributed by atoms with Gasteiger partial charge >= 0.3 is 0 Å². The lowest BCUT2D eigenvalue weighted by atomic mass is 10.0. The number of nitrogens with one attached hydrogen (secondary N) is 2. The van der Waals surface area contributed by atoms with E-state index in [0.29, 0.717) is 12.1 Å². The monoisotopic (exact) mass is 326 g/mol.